The third-order valence-corrected chi connectivity index (χ3v) is 4.52. The second kappa shape index (κ2) is 6.50. The number of primary sulfonamides is 1. The average molecular weight is 358 g/mol. The molecule has 0 amide bonds. The number of nitrogens with two attached hydrogens (primary N) is 1. The molecule has 0 atom stereocenters. The molecule has 0 unspecified atom stereocenters. The molecular weight excluding hydrogens is 344 g/mol. The molecule has 3 N–H and O–H groups in total. The maximum Gasteiger partial charge on any atom is 0.309 e. The van der Waals surface area contributed by atoms with Crippen molar-refractivity contribution in [3.8, 4) is 22.5 Å². The number of nitrogens with zero attached hydrogens (tertiary/aromatic N) is 1. The molecule has 3 aromatic rings. The molecule has 8 heteroatoms. The maximum atomic E-state index is 11.4. The van der Waals surface area contributed by atoms with E-state index in [4.69, 9.17) is 14.8 Å². The van der Waals surface area contributed by atoms with Gasteiger partial charge in [-0.1, -0.05) is 47.6 Å². The number of hydrogen-bond acceptors (Lipinski definition) is 5. The van der Waals surface area contributed by atoms with Gasteiger partial charge in [0.05, 0.1) is 16.9 Å². The van der Waals surface area contributed by atoms with Gasteiger partial charge in [-0.05, 0) is 17.7 Å². The zero-order valence-corrected chi connectivity index (χ0v) is 13.7. The fourth-order valence-electron chi connectivity index (χ4n) is 2.48. The predicted octanol–water partition coefficient (Wildman–Crippen LogP) is 2.28. The summed E-state index contributed by atoms with van der Waals surface area (Å²) in [6, 6.07) is 14.9. The summed E-state index contributed by atoms with van der Waals surface area (Å²) in [7, 11) is -3.81. The lowest BCUT2D eigenvalue weighted by Gasteiger charge is -2.05. The van der Waals surface area contributed by atoms with Crippen molar-refractivity contribution in [1.29, 1.82) is 0 Å². The van der Waals surface area contributed by atoms with Gasteiger partial charge in [-0.2, -0.15) is 0 Å². The number of aromatic nitrogens is 1. The highest BCUT2D eigenvalue weighted by molar-refractivity contribution is 7.89. The Morgan fingerprint density at radius 2 is 1.68 bits per heavy atom. The van der Waals surface area contributed by atoms with E-state index in [2.05, 4.69) is 5.16 Å². The minimum atomic E-state index is -3.81. The molecule has 0 aliphatic carbocycles. The highest BCUT2D eigenvalue weighted by Crippen LogP contribution is 2.35. The lowest BCUT2D eigenvalue weighted by atomic mass is 9.98. The highest BCUT2D eigenvalue weighted by Gasteiger charge is 2.21. The van der Waals surface area contributed by atoms with E-state index in [0.717, 1.165) is 5.56 Å². The van der Waals surface area contributed by atoms with E-state index in [1.54, 1.807) is 12.1 Å². The number of rotatable bonds is 5. The summed E-state index contributed by atoms with van der Waals surface area (Å²) in [6.45, 7) is 0. The summed E-state index contributed by atoms with van der Waals surface area (Å²) in [4.78, 5) is 11.1. The smallest absolute Gasteiger partial charge is 0.309 e. The van der Waals surface area contributed by atoms with Crippen LogP contribution in [0.2, 0.25) is 0 Å². The van der Waals surface area contributed by atoms with Crippen molar-refractivity contribution in [2.24, 2.45) is 5.14 Å². The van der Waals surface area contributed by atoms with Crippen LogP contribution < -0.4 is 5.14 Å². The minimum absolute atomic E-state index is 0.0336. The van der Waals surface area contributed by atoms with E-state index in [-0.39, 0.29) is 17.0 Å². The van der Waals surface area contributed by atoms with E-state index in [1.165, 1.54) is 12.1 Å². The van der Waals surface area contributed by atoms with Gasteiger partial charge in [0.2, 0.25) is 10.0 Å². The molecule has 2 aromatic carbocycles. The molecule has 0 fully saturated rings. The lowest BCUT2D eigenvalue weighted by Crippen LogP contribution is -2.11. The van der Waals surface area contributed by atoms with Gasteiger partial charge in [-0.3, -0.25) is 4.79 Å². The highest BCUT2D eigenvalue weighted by atomic mass is 32.2. The van der Waals surface area contributed by atoms with Crippen LogP contribution in [0, 0.1) is 0 Å². The monoisotopic (exact) mass is 358 g/mol. The number of sulfonamides is 1. The summed E-state index contributed by atoms with van der Waals surface area (Å²) in [5.41, 5.74) is 2.09. The van der Waals surface area contributed by atoms with Crippen LogP contribution in [-0.2, 0) is 21.2 Å². The van der Waals surface area contributed by atoms with Crippen molar-refractivity contribution in [1.82, 2.24) is 5.16 Å². The van der Waals surface area contributed by atoms with Crippen molar-refractivity contribution < 1.29 is 22.8 Å². The van der Waals surface area contributed by atoms with E-state index in [9.17, 15) is 13.2 Å². The van der Waals surface area contributed by atoms with Crippen LogP contribution in [-0.4, -0.2) is 24.7 Å². The summed E-state index contributed by atoms with van der Waals surface area (Å²) in [5.74, 6) is -0.629. The average Bonchev–Trinajstić information content (AvgIpc) is 2.98. The first-order chi connectivity index (χ1) is 11.9. The summed E-state index contributed by atoms with van der Waals surface area (Å²) >= 11 is 0. The Labute approximate surface area is 143 Å². The summed E-state index contributed by atoms with van der Waals surface area (Å²) in [6.07, 6.45) is -0.317. The maximum absolute atomic E-state index is 11.4. The molecule has 3 rings (SSSR count). The molecule has 0 bridgehead atoms. The van der Waals surface area contributed by atoms with E-state index in [1.807, 2.05) is 30.3 Å². The van der Waals surface area contributed by atoms with Crippen LogP contribution in [0.3, 0.4) is 0 Å². The number of hydrogen-bond donors (Lipinski definition) is 2. The fourth-order valence-corrected chi connectivity index (χ4v) is 3.00. The van der Waals surface area contributed by atoms with Crippen molar-refractivity contribution in [3.63, 3.8) is 0 Å². The molecule has 25 heavy (non-hydrogen) atoms. The van der Waals surface area contributed by atoms with Crippen LogP contribution in [0.25, 0.3) is 22.5 Å². The largest absolute Gasteiger partial charge is 0.481 e. The SMILES string of the molecule is NS(=O)(=O)c1ccc(-c2c(CC(=O)O)noc2-c2ccccc2)cc1. The van der Waals surface area contributed by atoms with Gasteiger partial charge in [0.15, 0.2) is 5.76 Å². The molecule has 0 saturated carbocycles. The molecular formula is C17H14N2O5S. The molecule has 0 saturated heterocycles. The molecule has 1 aromatic heterocycles. The van der Waals surface area contributed by atoms with Crippen LogP contribution in [0.15, 0.2) is 64.0 Å². The first kappa shape index (κ1) is 16.9. The normalized spacial score (nSPS) is 11.4. The Balaban J connectivity index is 2.15. The van der Waals surface area contributed by atoms with Crippen LogP contribution in [0.5, 0.6) is 0 Å². The molecule has 128 valence electrons. The van der Waals surface area contributed by atoms with Gasteiger partial charge < -0.3 is 9.63 Å². The zero-order valence-electron chi connectivity index (χ0n) is 12.9. The van der Waals surface area contributed by atoms with Gasteiger partial charge in [-0.25, -0.2) is 13.6 Å². The molecule has 7 nitrogen and oxygen atoms in total. The number of carboxylic acid groups (broad SMARTS) is 1. The summed E-state index contributed by atoms with van der Waals surface area (Å²) in [5, 5.41) is 18.1. The number of carboxylic acids is 1. The first-order valence-corrected chi connectivity index (χ1v) is 8.80. The minimum Gasteiger partial charge on any atom is -0.481 e. The van der Waals surface area contributed by atoms with Gasteiger partial charge in [-0.15, -0.1) is 0 Å². The van der Waals surface area contributed by atoms with Crippen LogP contribution in [0.1, 0.15) is 5.69 Å². The molecule has 0 aliphatic heterocycles. The number of aliphatic carboxylic acids is 1. The lowest BCUT2D eigenvalue weighted by molar-refractivity contribution is -0.136. The molecule has 0 aliphatic rings. The number of carbonyl (C=O) groups is 1. The zero-order chi connectivity index (χ0) is 18.0. The Morgan fingerprint density at radius 1 is 1.04 bits per heavy atom. The first-order valence-electron chi connectivity index (χ1n) is 7.25. The predicted molar refractivity (Wildman–Crippen MR) is 90.1 cm³/mol. The Morgan fingerprint density at radius 3 is 2.24 bits per heavy atom. The van der Waals surface area contributed by atoms with Gasteiger partial charge >= 0.3 is 5.97 Å². The second-order valence-corrected chi connectivity index (χ2v) is 6.90. The molecule has 0 spiro atoms. The third kappa shape index (κ3) is 3.59. The van der Waals surface area contributed by atoms with Gasteiger partial charge in [0, 0.05) is 5.56 Å². The Kier molecular flexibility index (Phi) is 4.39. The third-order valence-electron chi connectivity index (χ3n) is 3.59. The number of benzene rings is 2. The molecule has 1 heterocycles. The van der Waals surface area contributed by atoms with Crippen molar-refractivity contribution in [3.05, 3.63) is 60.3 Å². The van der Waals surface area contributed by atoms with Crippen molar-refractivity contribution in [2.75, 3.05) is 0 Å². The second-order valence-electron chi connectivity index (χ2n) is 5.34. The standard InChI is InChI=1S/C17H14N2O5S/c18-25(22,23)13-8-6-11(7-9-13)16-14(10-15(20)21)19-24-17(16)12-4-2-1-3-5-12/h1-9H,10H2,(H,20,21)(H2,18,22,23). The van der Waals surface area contributed by atoms with E-state index in [0.29, 0.717) is 16.9 Å². The Hall–Kier alpha value is -2.97. The van der Waals surface area contributed by atoms with Crippen LogP contribution >= 0.6 is 0 Å². The molecule has 0 radical (unpaired) electrons. The van der Waals surface area contributed by atoms with E-state index < -0.39 is 16.0 Å². The van der Waals surface area contributed by atoms with Crippen molar-refractivity contribution in [2.45, 2.75) is 11.3 Å². The summed E-state index contributed by atoms with van der Waals surface area (Å²) < 4.78 is 28.2. The quantitative estimate of drug-likeness (QED) is 0.721. The van der Waals surface area contributed by atoms with Gasteiger partial charge in [0.25, 0.3) is 0 Å². The topological polar surface area (TPSA) is 123 Å². The van der Waals surface area contributed by atoms with Crippen molar-refractivity contribution >= 4 is 16.0 Å². The van der Waals surface area contributed by atoms with Gasteiger partial charge in [0.1, 0.15) is 5.69 Å². The van der Waals surface area contributed by atoms with E-state index >= 15 is 0 Å². The Bertz CT molecular complexity index is 1010. The fraction of sp³-hybridized carbons (Fsp3) is 0.0588. The van der Waals surface area contributed by atoms with Crippen LogP contribution in [0.4, 0.5) is 0 Å².